The molecule has 0 spiro atoms. The summed E-state index contributed by atoms with van der Waals surface area (Å²) in [6.45, 7) is 5.58. The largest absolute Gasteiger partial charge is 0.342 e. The van der Waals surface area contributed by atoms with Gasteiger partial charge in [0, 0.05) is 43.9 Å². The van der Waals surface area contributed by atoms with Gasteiger partial charge < -0.3 is 15.5 Å². The molecule has 0 bridgehead atoms. The Morgan fingerprint density at radius 3 is 2.42 bits per heavy atom. The highest BCUT2D eigenvalue weighted by molar-refractivity contribution is 5.97. The van der Waals surface area contributed by atoms with E-state index < -0.39 is 0 Å². The average molecular weight is 354 g/mol. The Morgan fingerprint density at radius 2 is 1.92 bits per heavy atom. The maximum atomic E-state index is 12.4. The molecule has 24 heavy (non-hydrogen) atoms. The molecule has 1 heterocycles. The van der Waals surface area contributed by atoms with E-state index in [0.29, 0.717) is 24.4 Å². The van der Waals surface area contributed by atoms with Gasteiger partial charge in [-0.3, -0.25) is 9.59 Å². The molecule has 1 fully saturated rings. The molecule has 2 amide bonds. The van der Waals surface area contributed by atoms with Gasteiger partial charge in [-0.15, -0.1) is 12.4 Å². The number of hydrogen-bond acceptors (Lipinski definition) is 3. The van der Waals surface area contributed by atoms with Crippen LogP contribution in [0.5, 0.6) is 0 Å². The van der Waals surface area contributed by atoms with Gasteiger partial charge in [0.1, 0.15) is 0 Å². The molecular formula is C18H28ClN3O2. The Labute approximate surface area is 150 Å². The minimum Gasteiger partial charge on any atom is -0.342 e. The molecule has 1 aliphatic heterocycles. The van der Waals surface area contributed by atoms with Crippen LogP contribution in [-0.2, 0) is 4.79 Å². The smallest absolute Gasteiger partial charge is 0.253 e. The molecule has 1 aromatic rings. The fraction of sp³-hybridized carbons (Fsp3) is 0.556. The minimum absolute atomic E-state index is 0. The van der Waals surface area contributed by atoms with Crippen molar-refractivity contribution >= 4 is 29.9 Å². The van der Waals surface area contributed by atoms with Crippen molar-refractivity contribution < 1.29 is 9.59 Å². The van der Waals surface area contributed by atoms with Crippen LogP contribution in [0.1, 0.15) is 43.5 Å². The Kier molecular flexibility index (Phi) is 7.70. The van der Waals surface area contributed by atoms with E-state index in [1.54, 1.807) is 29.0 Å². The Hall–Kier alpha value is -1.59. The lowest BCUT2D eigenvalue weighted by atomic mass is 10.0. The van der Waals surface area contributed by atoms with Crippen molar-refractivity contribution in [2.24, 2.45) is 11.7 Å². The predicted octanol–water partition coefficient (Wildman–Crippen LogP) is 2.68. The SMILES string of the molecule is CC(C)C(N)CCN(C)C(=O)c1ccc(N2CCCC2=O)cc1.Cl. The Bertz CT molecular complexity index is 560. The first-order chi connectivity index (χ1) is 10.9. The molecule has 0 aromatic heterocycles. The predicted molar refractivity (Wildman–Crippen MR) is 99.7 cm³/mol. The molecule has 1 aliphatic rings. The monoisotopic (exact) mass is 353 g/mol. The van der Waals surface area contributed by atoms with Crippen LogP contribution >= 0.6 is 12.4 Å². The molecule has 0 aliphatic carbocycles. The number of nitrogens with zero attached hydrogens (tertiary/aromatic N) is 2. The highest BCUT2D eigenvalue weighted by Crippen LogP contribution is 2.22. The molecule has 1 atom stereocenters. The van der Waals surface area contributed by atoms with Crippen LogP contribution in [0.25, 0.3) is 0 Å². The van der Waals surface area contributed by atoms with E-state index >= 15 is 0 Å². The standard InChI is InChI=1S/C18H27N3O2.ClH/c1-13(2)16(19)10-12-20(3)18(23)14-6-8-15(9-7-14)21-11-4-5-17(21)22;/h6-9,13,16H,4-5,10-12,19H2,1-3H3;1H. The number of benzene rings is 1. The summed E-state index contributed by atoms with van der Waals surface area (Å²) in [7, 11) is 1.80. The first kappa shape index (κ1) is 20.5. The van der Waals surface area contributed by atoms with E-state index in [9.17, 15) is 9.59 Å². The summed E-state index contributed by atoms with van der Waals surface area (Å²) in [5, 5.41) is 0. The number of carbonyl (C=O) groups excluding carboxylic acids is 2. The van der Waals surface area contributed by atoms with Gasteiger partial charge in [-0.25, -0.2) is 0 Å². The molecule has 1 unspecified atom stereocenters. The molecular weight excluding hydrogens is 326 g/mol. The molecule has 0 saturated carbocycles. The lowest BCUT2D eigenvalue weighted by molar-refractivity contribution is -0.117. The van der Waals surface area contributed by atoms with Crippen molar-refractivity contribution in [2.45, 2.75) is 39.2 Å². The minimum atomic E-state index is -0.0137. The van der Waals surface area contributed by atoms with Crippen LogP contribution in [0.4, 0.5) is 5.69 Å². The molecule has 2 N–H and O–H groups in total. The van der Waals surface area contributed by atoms with Crippen molar-refractivity contribution in [1.29, 1.82) is 0 Å². The first-order valence-corrected chi connectivity index (χ1v) is 8.31. The number of carbonyl (C=O) groups is 2. The molecule has 0 radical (unpaired) electrons. The maximum Gasteiger partial charge on any atom is 0.253 e. The molecule has 1 saturated heterocycles. The van der Waals surface area contributed by atoms with Crippen LogP contribution in [0.15, 0.2) is 24.3 Å². The zero-order valence-electron chi connectivity index (χ0n) is 14.7. The van der Waals surface area contributed by atoms with Crippen LogP contribution < -0.4 is 10.6 Å². The van der Waals surface area contributed by atoms with Crippen LogP contribution in [0.2, 0.25) is 0 Å². The van der Waals surface area contributed by atoms with Gasteiger partial charge in [-0.1, -0.05) is 13.8 Å². The quantitative estimate of drug-likeness (QED) is 0.855. The molecule has 2 rings (SSSR count). The normalized spacial score (nSPS) is 15.4. The number of halogens is 1. The van der Waals surface area contributed by atoms with E-state index in [4.69, 9.17) is 5.73 Å². The van der Waals surface area contributed by atoms with Crippen LogP contribution in [0.3, 0.4) is 0 Å². The van der Waals surface area contributed by atoms with Gasteiger partial charge in [0.15, 0.2) is 0 Å². The number of anilines is 1. The van der Waals surface area contributed by atoms with Gasteiger partial charge in [-0.05, 0) is 43.0 Å². The number of hydrogen-bond donors (Lipinski definition) is 1. The van der Waals surface area contributed by atoms with Gasteiger partial charge >= 0.3 is 0 Å². The third-order valence-corrected chi connectivity index (χ3v) is 4.50. The number of rotatable bonds is 6. The van der Waals surface area contributed by atoms with Gasteiger partial charge in [0.2, 0.25) is 5.91 Å². The average Bonchev–Trinajstić information content (AvgIpc) is 2.97. The second-order valence-electron chi connectivity index (χ2n) is 6.62. The van der Waals surface area contributed by atoms with Crippen molar-refractivity contribution in [3.05, 3.63) is 29.8 Å². The summed E-state index contributed by atoms with van der Waals surface area (Å²) in [6, 6.07) is 7.40. The van der Waals surface area contributed by atoms with Gasteiger partial charge in [-0.2, -0.15) is 0 Å². The van der Waals surface area contributed by atoms with E-state index in [2.05, 4.69) is 13.8 Å². The van der Waals surface area contributed by atoms with Crippen LogP contribution in [0, 0.1) is 5.92 Å². The Morgan fingerprint density at radius 1 is 1.29 bits per heavy atom. The van der Waals surface area contributed by atoms with Gasteiger partial charge in [0.05, 0.1) is 0 Å². The lowest BCUT2D eigenvalue weighted by Crippen LogP contribution is -2.34. The molecule has 5 nitrogen and oxygen atoms in total. The number of amides is 2. The van der Waals surface area contributed by atoms with Crippen molar-refractivity contribution in [2.75, 3.05) is 25.0 Å². The Balaban J connectivity index is 0.00000288. The first-order valence-electron chi connectivity index (χ1n) is 8.31. The fourth-order valence-electron chi connectivity index (χ4n) is 2.70. The molecule has 1 aromatic carbocycles. The lowest BCUT2D eigenvalue weighted by Gasteiger charge is -2.22. The van der Waals surface area contributed by atoms with E-state index in [-0.39, 0.29) is 30.3 Å². The highest BCUT2D eigenvalue weighted by Gasteiger charge is 2.22. The third-order valence-electron chi connectivity index (χ3n) is 4.50. The summed E-state index contributed by atoms with van der Waals surface area (Å²) in [6.07, 6.45) is 2.30. The van der Waals surface area contributed by atoms with Crippen molar-refractivity contribution in [3.63, 3.8) is 0 Å². The number of nitrogens with two attached hydrogens (primary N) is 1. The molecule has 134 valence electrons. The fourth-order valence-corrected chi connectivity index (χ4v) is 2.70. The zero-order chi connectivity index (χ0) is 17.0. The summed E-state index contributed by atoms with van der Waals surface area (Å²) in [5.74, 6) is 0.555. The summed E-state index contributed by atoms with van der Waals surface area (Å²) in [5.41, 5.74) is 7.54. The van der Waals surface area contributed by atoms with Crippen molar-refractivity contribution in [3.8, 4) is 0 Å². The topological polar surface area (TPSA) is 66.6 Å². The van der Waals surface area contributed by atoms with Crippen molar-refractivity contribution in [1.82, 2.24) is 4.90 Å². The summed E-state index contributed by atoms with van der Waals surface area (Å²) in [4.78, 5) is 27.7. The van der Waals surface area contributed by atoms with Crippen LogP contribution in [-0.4, -0.2) is 42.9 Å². The zero-order valence-corrected chi connectivity index (χ0v) is 15.5. The second kappa shape index (κ2) is 9.04. The maximum absolute atomic E-state index is 12.4. The summed E-state index contributed by atoms with van der Waals surface area (Å²) >= 11 is 0. The highest BCUT2D eigenvalue weighted by atomic mass is 35.5. The third kappa shape index (κ3) is 4.95. The molecule has 6 heteroatoms. The van der Waals surface area contributed by atoms with E-state index in [0.717, 1.165) is 25.1 Å². The van der Waals surface area contributed by atoms with E-state index in [1.807, 2.05) is 12.1 Å². The van der Waals surface area contributed by atoms with E-state index in [1.165, 1.54) is 0 Å². The summed E-state index contributed by atoms with van der Waals surface area (Å²) < 4.78 is 0. The van der Waals surface area contributed by atoms with Gasteiger partial charge in [0.25, 0.3) is 5.91 Å². The second-order valence-corrected chi connectivity index (χ2v) is 6.62.